The fourth-order valence-electron chi connectivity index (χ4n) is 1.72. The van der Waals surface area contributed by atoms with Crippen LogP contribution in [0.15, 0.2) is 24.3 Å². The van der Waals surface area contributed by atoms with Crippen LogP contribution in [0.25, 0.3) is 0 Å². The van der Waals surface area contributed by atoms with Crippen molar-refractivity contribution in [2.24, 2.45) is 5.73 Å². The Morgan fingerprint density at radius 2 is 1.94 bits per heavy atom. The summed E-state index contributed by atoms with van der Waals surface area (Å²) in [5.41, 5.74) is 7.03. The highest BCUT2D eigenvalue weighted by atomic mass is 16.5. The van der Waals surface area contributed by atoms with Gasteiger partial charge in [-0.2, -0.15) is 0 Å². The number of unbranched alkanes of at least 4 members (excludes halogenated alkanes) is 1. The second-order valence-corrected chi connectivity index (χ2v) is 5.05. The average Bonchev–Trinajstić information content (AvgIpc) is 2.28. The summed E-state index contributed by atoms with van der Waals surface area (Å²) in [5.74, 6) is 1.54. The molecule has 0 spiro atoms. The van der Waals surface area contributed by atoms with Crippen molar-refractivity contribution in [3.05, 3.63) is 29.8 Å². The zero-order valence-corrected chi connectivity index (χ0v) is 11.3. The van der Waals surface area contributed by atoms with Crippen molar-refractivity contribution in [3.63, 3.8) is 0 Å². The van der Waals surface area contributed by atoms with Gasteiger partial charge in [-0.1, -0.05) is 26.0 Å². The van der Waals surface area contributed by atoms with Crippen LogP contribution in [0.1, 0.15) is 51.5 Å². The molecule has 1 unspecified atom stereocenters. The minimum atomic E-state index is 0.305. The van der Waals surface area contributed by atoms with Crippen LogP contribution in [0.5, 0.6) is 5.75 Å². The van der Waals surface area contributed by atoms with E-state index in [0.717, 1.165) is 31.6 Å². The quantitative estimate of drug-likeness (QED) is 0.731. The average molecular weight is 235 g/mol. The van der Waals surface area contributed by atoms with Gasteiger partial charge >= 0.3 is 0 Å². The maximum atomic E-state index is 5.74. The molecule has 0 aliphatic rings. The second-order valence-electron chi connectivity index (χ2n) is 5.05. The first kappa shape index (κ1) is 14.0. The van der Waals surface area contributed by atoms with Crippen LogP contribution < -0.4 is 10.5 Å². The highest BCUT2D eigenvalue weighted by Gasteiger charge is 2.01. The Morgan fingerprint density at radius 1 is 1.18 bits per heavy atom. The Labute approximate surface area is 105 Å². The van der Waals surface area contributed by atoms with E-state index in [4.69, 9.17) is 10.5 Å². The predicted molar refractivity (Wildman–Crippen MR) is 73.5 cm³/mol. The first-order chi connectivity index (χ1) is 8.09. The summed E-state index contributed by atoms with van der Waals surface area (Å²) in [4.78, 5) is 0. The van der Waals surface area contributed by atoms with Crippen molar-refractivity contribution in [3.8, 4) is 5.75 Å². The molecule has 1 atom stereocenters. The number of nitrogens with two attached hydrogens (primary N) is 1. The number of rotatable bonds is 7. The SMILES string of the molecule is CC(N)CCCCOc1cccc(C(C)C)c1. The highest BCUT2D eigenvalue weighted by molar-refractivity contribution is 5.30. The highest BCUT2D eigenvalue weighted by Crippen LogP contribution is 2.20. The van der Waals surface area contributed by atoms with Gasteiger partial charge in [0.05, 0.1) is 6.61 Å². The minimum Gasteiger partial charge on any atom is -0.494 e. The summed E-state index contributed by atoms with van der Waals surface area (Å²) in [7, 11) is 0. The monoisotopic (exact) mass is 235 g/mol. The smallest absolute Gasteiger partial charge is 0.119 e. The summed E-state index contributed by atoms with van der Waals surface area (Å²) in [5, 5.41) is 0. The molecule has 0 radical (unpaired) electrons. The molecule has 0 fully saturated rings. The van der Waals surface area contributed by atoms with E-state index in [1.54, 1.807) is 0 Å². The largest absolute Gasteiger partial charge is 0.494 e. The fraction of sp³-hybridized carbons (Fsp3) is 0.600. The Balaban J connectivity index is 2.29. The van der Waals surface area contributed by atoms with E-state index in [9.17, 15) is 0 Å². The van der Waals surface area contributed by atoms with Crippen molar-refractivity contribution in [1.82, 2.24) is 0 Å². The second kappa shape index (κ2) is 7.33. The molecule has 17 heavy (non-hydrogen) atoms. The van der Waals surface area contributed by atoms with Gasteiger partial charge in [-0.05, 0) is 49.8 Å². The van der Waals surface area contributed by atoms with Crippen LogP contribution in [0.3, 0.4) is 0 Å². The van der Waals surface area contributed by atoms with Crippen LogP contribution >= 0.6 is 0 Å². The normalized spacial score (nSPS) is 12.8. The summed E-state index contributed by atoms with van der Waals surface area (Å²) < 4.78 is 5.74. The van der Waals surface area contributed by atoms with Gasteiger partial charge in [0.2, 0.25) is 0 Å². The molecule has 1 aromatic carbocycles. The molecule has 0 aliphatic carbocycles. The lowest BCUT2D eigenvalue weighted by atomic mass is 10.0. The van der Waals surface area contributed by atoms with E-state index in [0.29, 0.717) is 12.0 Å². The lowest BCUT2D eigenvalue weighted by Gasteiger charge is -2.10. The van der Waals surface area contributed by atoms with Gasteiger partial charge in [0.15, 0.2) is 0 Å². The molecule has 2 N–H and O–H groups in total. The Kier molecular flexibility index (Phi) is 6.06. The molecule has 0 bridgehead atoms. The molecular formula is C15H25NO. The molecule has 1 aromatic rings. The molecule has 0 aliphatic heterocycles. The Morgan fingerprint density at radius 3 is 2.59 bits per heavy atom. The molecule has 0 amide bonds. The van der Waals surface area contributed by atoms with E-state index in [-0.39, 0.29) is 0 Å². The summed E-state index contributed by atoms with van der Waals surface area (Å²) in [6.07, 6.45) is 3.30. The van der Waals surface area contributed by atoms with Gasteiger partial charge in [-0.25, -0.2) is 0 Å². The molecule has 2 heteroatoms. The molecule has 0 heterocycles. The van der Waals surface area contributed by atoms with Crippen molar-refractivity contribution in [2.75, 3.05) is 6.61 Å². The Bertz CT molecular complexity index is 320. The van der Waals surface area contributed by atoms with Crippen molar-refractivity contribution in [1.29, 1.82) is 0 Å². The Hall–Kier alpha value is -1.02. The minimum absolute atomic E-state index is 0.305. The van der Waals surface area contributed by atoms with Gasteiger partial charge in [0.25, 0.3) is 0 Å². The predicted octanol–water partition coefficient (Wildman–Crippen LogP) is 3.71. The maximum absolute atomic E-state index is 5.74. The summed E-state index contributed by atoms with van der Waals surface area (Å²) in [6.45, 7) is 7.23. The number of benzene rings is 1. The molecule has 2 nitrogen and oxygen atoms in total. The van der Waals surface area contributed by atoms with Crippen LogP contribution in [0.4, 0.5) is 0 Å². The topological polar surface area (TPSA) is 35.2 Å². The molecule has 0 saturated heterocycles. The van der Waals surface area contributed by atoms with Crippen molar-refractivity contribution >= 4 is 0 Å². The van der Waals surface area contributed by atoms with Crippen molar-refractivity contribution in [2.45, 2.75) is 52.0 Å². The summed E-state index contributed by atoms with van der Waals surface area (Å²) in [6, 6.07) is 8.67. The van der Waals surface area contributed by atoms with E-state index in [1.165, 1.54) is 5.56 Å². The van der Waals surface area contributed by atoms with Crippen molar-refractivity contribution < 1.29 is 4.74 Å². The first-order valence-electron chi connectivity index (χ1n) is 6.58. The van der Waals surface area contributed by atoms with E-state index >= 15 is 0 Å². The fourth-order valence-corrected chi connectivity index (χ4v) is 1.72. The van der Waals surface area contributed by atoms with Gasteiger partial charge < -0.3 is 10.5 Å². The lowest BCUT2D eigenvalue weighted by molar-refractivity contribution is 0.303. The zero-order valence-electron chi connectivity index (χ0n) is 11.3. The maximum Gasteiger partial charge on any atom is 0.119 e. The molecule has 0 saturated carbocycles. The standard InChI is InChI=1S/C15H25NO/c1-12(2)14-8-6-9-15(11-14)17-10-5-4-7-13(3)16/h6,8-9,11-13H,4-5,7,10,16H2,1-3H3. The van der Waals surface area contributed by atoms with Gasteiger partial charge in [-0.3, -0.25) is 0 Å². The molecule has 0 aromatic heterocycles. The van der Waals surface area contributed by atoms with Gasteiger partial charge in [0.1, 0.15) is 5.75 Å². The van der Waals surface area contributed by atoms with E-state index in [1.807, 2.05) is 13.0 Å². The van der Waals surface area contributed by atoms with Gasteiger partial charge in [-0.15, -0.1) is 0 Å². The molecule has 96 valence electrons. The number of hydrogen-bond acceptors (Lipinski definition) is 2. The molecular weight excluding hydrogens is 210 g/mol. The lowest BCUT2D eigenvalue weighted by Crippen LogP contribution is -2.14. The van der Waals surface area contributed by atoms with Crippen LogP contribution in [0.2, 0.25) is 0 Å². The first-order valence-corrected chi connectivity index (χ1v) is 6.58. The third kappa shape index (κ3) is 5.73. The third-order valence-corrected chi connectivity index (χ3v) is 2.85. The number of hydrogen-bond donors (Lipinski definition) is 1. The third-order valence-electron chi connectivity index (χ3n) is 2.85. The van der Waals surface area contributed by atoms with E-state index < -0.39 is 0 Å². The molecule has 1 rings (SSSR count). The summed E-state index contributed by atoms with van der Waals surface area (Å²) >= 11 is 0. The number of ether oxygens (including phenoxy) is 1. The van der Waals surface area contributed by atoms with Crippen LogP contribution in [0, 0.1) is 0 Å². The zero-order chi connectivity index (χ0) is 12.7. The van der Waals surface area contributed by atoms with E-state index in [2.05, 4.69) is 32.0 Å². The van der Waals surface area contributed by atoms with Crippen LogP contribution in [-0.4, -0.2) is 12.6 Å². The van der Waals surface area contributed by atoms with Gasteiger partial charge in [0, 0.05) is 6.04 Å². The van der Waals surface area contributed by atoms with Crippen LogP contribution in [-0.2, 0) is 0 Å².